The first-order chi connectivity index (χ1) is 31.3. The van der Waals surface area contributed by atoms with Crippen molar-refractivity contribution in [1.82, 2.24) is 5.32 Å². The SMILES string of the molecule is CCCCCCCCCCCCCCCCCCCCCCC(O)CC(=O)NC(COP(=O)(O)OC1C(O)C(O)C(O)C(O)C1O)C(O)CCCCCCCCCCCCCCCCC. The van der Waals surface area contributed by atoms with E-state index in [0.29, 0.717) is 12.8 Å². The lowest BCUT2D eigenvalue weighted by molar-refractivity contribution is -0.220. The second-order valence-corrected chi connectivity index (χ2v) is 21.0. The Balaban J connectivity index is 2.40. The number of aliphatic hydroxyl groups is 7. The van der Waals surface area contributed by atoms with Crippen LogP contribution in [0.4, 0.5) is 0 Å². The summed E-state index contributed by atoms with van der Waals surface area (Å²) in [6, 6.07) is -1.15. The van der Waals surface area contributed by atoms with Crippen LogP contribution in [0, 0.1) is 0 Å². The molecule has 388 valence electrons. The summed E-state index contributed by atoms with van der Waals surface area (Å²) in [7, 11) is -5.12. The molecule has 8 atom stereocenters. The van der Waals surface area contributed by atoms with Crippen molar-refractivity contribution >= 4 is 13.7 Å². The van der Waals surface area contributed by atoms with Crippen LogP contribution < -0.4 is 5.32 Å². The second kappa shape index (κ2) is 41.1. The lowest BCUT2D eigenvalue weighted by Gasteiger charge is -2.41. The van der Waals surface area contributed by atoms with Crippen LogP contribution in [-0.4, -0.2) is 108 Å². The molecule has 1 amide bonds. The number of phosphoric ester groups is 1. The maximum Gasteiger partial charge on any atom is 0.472 e. The van der Waals surface area contributed by atoms with Gasteiger partial charge in [-0.25, -0.2) is 4.57 Å². The Labute approximate surface area is 396 Å². The number of carbonyl (C=O) groups excluding carboxylic acids is 1. The number of amides is 1. The molecule has 9 N–H and O–H groups in total. The maximum atomic E-state index is 13.1. The summed E-state index contributed by atoms with van der Waals surface area (Å²) in [4.78, 5) is 23.6. The largest absolute Gasteiger partial charge is 0.472 e. The van der Waals surface area contributed by atoms with E-state index in [0.717, 1.165) is 51.4 Å². The number of hydrogen-bond acceptors (Lipinski definition) is 11. The van der Waals surface area contributed by atoms with Crippen LogP contribution in [0.15, 0.2) is 0 Å². The standard InChI is InChI=1S/C51H102NO12P/c1-3-5-7-9-11-13-15-17-19-20-21-22-23-25-26-28-30-32-34-36-38-42(53)40-45(55)52-43(41-63-65(61,62)64-51-49(59)47(57)46(56)48(58)50(51)60)44(54)39-37-35-33-31-29-27-24-18-16-14-12-10-8-6-4-2/h42-44,46-51,53-54,56-60H,3-41H2,1-2H3,(H,52,55)(H,61,62). The summed E-state index contributed by atoms with van der Waals surface area (Å²) in [5, 5.41) is 74.9. The topological polar surface area (TPSA) is 226 Å². The van der Waals surface area contributed by atoms with Crippen molar-refractivity contribution in [2.75, 3.05) is 6.61 Å². The molecule has 0 saturated heterocycles. The van der Waals surface area contributed by atoms with Gasteiger partial charge in [0.15, 0.2) is 0 Å². The summed E-state index contributed by atoms with van der Waals surface area (Å²) in [6.45, 7) is 3.83. The van der Waals surface area contributed by atoms with Gasteiger partial charge in [-0.15, -0.1) is 0 Å². The number of carbonyl (C=O) groups is 1. The van der Waals surface area contributed by atoms with Gasteiger partial charge in [0.2, 0.25) is 5.91 Å². The highest BCUT2D eigenvalue weighted by atomic mass is 31.2. The molecule has 14 heteroatoms. The molecule has 0 aromatic carbocycles. The van der Waals surface area contributed by atoms with Crippen molar-refractivity contribution in [3.05, 3.63) is 0 Å². The van der Waals surface area contributed by atoms with Crippen molar-refractivity contribution in [3.63, 3.8) is 0 Å². The highest BCUT2D eigenvalue weighted by molar-refractivity contribution is 7.47. The van der Waals surface area contributed by atoms with Gasteiger partial charge in [0.05, 0.1) is 31.3 Å². The molecule has 0 spiro atoms. The van der Waals surface area contributed by atoms with Gasteiger partial charge in [0.1, 0.15) is 36.6 Å². The zero-order valence-corrected chi connectivity index (χ0v) is 42.3. The van der Waals surface area contributed by atoms with E-state index in [4.69, 9.17) is 9.05 Å². The van der Waals surface area contributed by atoms with Crippen molar-refractivity contribution < 1.29 is 59.0 Å². The number of rotatable bonds is 46. The van der Waals surface area contributed by atoms with Gasteiger partial charge in [-0.3, -0.25) is 13.8 Å². The van der Waals surface area contributed by atoms with Crippen LogP contribution in [0.3, 0.4) is 0 Å². The van der Waals surface area contributed by atoms with Crippen molar-refractivity contribution in [3.8, 4) is 0 Å². The van der Waals surface area contributed by atoms with Crippen LogP contribution in [-0.2, 0) is 18.4 Å². The third-order valence-electron chi connectivity index (χ3n) is 13.5. The molecule has 65 heavy (non-hydrogen) atoms. The van der Waals surface area contributed by atoms with Gasteiger partial charge < -0.3 is 46.0 Å². The number of unbranched alkanes of at least 4 members (excludes halogenated alkanes) is 33. The Morgan fingerprint density at radius 3 is 1.11 bits per heavy atom. The third kappa shape index (κ3) is 32.7. The summed E-state index contributed by atoms with van der Waals surface area (Å²) in [5.74, 6) is -0.554. The lowest BCUT2D eigenvalue weighted by Crippen LogP contribution is -2.64. The molecule has 0 radical (unpaired) electrons. The number of nitrogens with one attached hydrogen (secondary N) is 1. The molecule has 0 bridgehead atoms. The van der Waals surface area contributed by atoms with Crippen molar-refractivity contribution in [2.45, 2.75) is 313 Å². The molecule has 1 aliphatic carbocycles. The second-order valence-electron chi connectivity index (χ2n) is 19.6. The number of aliphatic hydroxyl groups excluding tert-OH is 7. The van der Waals surface area contributed by atoms with E-state index < -0.39 is 75.2 Å². The number of phosphoric acid groups is 1. The Bertz CT molecular complexity index is 1120. The lowest BCUT2D eigenvalue weighted by atomic mass is 9.85. The third-order valence-corrected chi connectivity index (χ3v) is 14.5. The highest BCUT2D eigenvalue weighted by Crippen LogP contribution is 2.47. The van der Waals surface area contributed by atoms with Gasteiger partial charge in [-0.1, -0.05) is 239 Å². The molecule has 1 rings (SSSR count). The molecule has 1 aliphatic rings. The molecule has 0 aromatic heterocycles. The highest BCUT2D eigenvalue weighted by Gasteiger charge is 2.51. The van der Waals surface area contributed by atoms with Crippen LogP contribution in [0.5, 0.6) is 0 Å². The number of hydrogen-bond donors (Lipinski definition) is 9. The van der Waals surface area contributed by atoms with Crippen molar-refractivity contribution in [2.24, 2.45) is 0 Å². The fourth-order valence-electron chi connectivity index (χ4n) is 9.07. The average molecular weight is 952 g/mol. The summed E-state index contributed by atoms with van der Waals surface area (Å²) >= 11 is 0. The predicted octanol–water partition coefficient (Wildman–Crippen LogP) is 10.4. The van der Waals surface area contributed by atoms with Gasteiger partial charge in [-0.05, 0) is 12.8 Å². The van der Waals surface area contributed by atoms with Gasteiger partial charge in [0.25, 0.3) is 0 Å². The molecule has 0 aliphatic heterocycles. The Morgan fingerprint density at radius 1 is 0.477 bits per heavy atom. The quantitative estimate of drug-likeness (QED) is 0.0205. The normalized spacial score (nSPS) is 22.4. The van der Waals surface area contributed by atoms with E-state index in [1.807, 2.05) is 0 Å². The predicted molar refractivity (Wildman–Crippen MR) is 261 cm³/mol. The monoisotopic (exact) mass is 952 g/mol. The fraction of sp³-hybridized carbons (Fsp3) is 0.980. The van der Waals surface area contributed by atoms with Crippen LogP contribution in [0.1, 0.15) is 258 Å². The smallest absolute Gasteiger partial charge is 0.393 e. The van der Waals surface area contributed by atoms with E-state index in [9.17, 15) is 50.0 Å². The van der Waals surface area contributed by atoms with Crippen LogP contribution in [0.2, 0.25) is 0 Å². The van der Waals surface area contributed by atoms with Gasteiger partial charge in [0, 0.05) is 0 Å². The Morgan fingerprint density at radius 2 is 0.769 bits per heavy atom. The first kappa shape index (κ1) is 62.3. The molecule has 1 saturated carbocycles. The minimum Gasteiger partial charge on any atom is -0.393 e. The van der Waals surface area contributed by atoms with E-state index in [1.165, 1.54) is 167 Å². The molecule has 1 fully saturated rings. The summed E-state index contributed by atoms with van der Waals surface area (Å²) in [5.41, 5.74) is 0. The molecule has 13 nitrogen and oxygen atoms in total. The van der Waals surface area contributed by atoms with Gasteiger partial charge in [-0.2, -0.15) is 0 Å². The molecule has 8 unspecified atom stereocenters. The zero-order valence-electron chi connectivity index (χ0n) is 41.4. The van der Waals surface area contributed by atoms with E-state index in [-0.39, 0.29) is 12.8 Å². The van der Waals surface area contributed by atoms with E-state index in [2.05, 4.69) is 19.2 Å². The first-order valence-corrected chi connectivity index (χ1v) is 28.6. The van der Waals surface area contributed by atoms with E-state index in [1.54, 1.807) is 0 Å². The molecular weight excluding hydrogens is 850 g/mol. The molecule has 0 aromatic rings. The minimum atomic E-state index is -5.12. The fourth-order valence-corrected chi connectivity index (χ4v) is 10.0. The average Bonchev–Trinajstić information content (AvgIpc) is 3.28. The summed E-state index contributed by atoms with van der Waals surface area (Å²) in [6.07, 6.45) is 30.0. The Hall–Kier alpha value is -0.700. The van der Waals surface area contributed by atoms with Gasteiger partial charge >= 0.3 is 7.82 Å². The van der Waals surface area contributed by atoms with Crippen molar-refractivity contribution in [1.29, 1.82) is 0 Å². The van der Waals surface area contributed by atoms with Crippen LogP contribution >= 0.6 is 7.82 Å². The minimum absolute atomic E-state index is 0.215. The maximum absolute atomic E-state index is 13.1. The molecule has 0 heterocycles. The van der Waals surface area contributed by atoms with E-state index >= 15 is 0 Å². The molecular formula is C51H102NO12P. The first-order valence-electron chi connectivity index (χ1n) is 27.1. The van der Waals surface area contributed by atoms with Crippen LogP contribution in [0.25, 0.3) is 0 Å². The summed E-state index contributed by atoms with van der Waals surface area (Å²) < 4.78 is 23.0. The Kier molecular flexibility index (Phi) is 39.4. The zero-order chi connectivity index (χ0) is 48.0.